The molecule has 0 bridgehead atoms. The molecule has 1 heterocycles. The molecular formula is C21H24N2O2. The summed E-state index contributed by atoms with van der Waals surface area (Å²) in [7, 11) is 1.81. The van der Waals surface area contributed by atoms with E-state index in [9.17, 15) is 9.59 Å². The van der Waals surface area contributed by atoms with Crippen LogP contribution >= 0.6 is 0 Å². The summed E-state index contributed by atoms with van der Waals surface area (Å²) in [5.74, 6) is -0.0101. The Morgan fingerprint density at radius 3 is 2.52 bits per heavy atom. The molecule has 1 atom stereocenters. The van der Waals surface area contributed by atoms with E-state index >= 15 is 0 Å². The molecule has 0 N–H and O–H groups in total. The van der Waals surface area contributed by atoms with E-state index in [-0.39, 0.29) is 11.8 Å². The third kappa shape index (κ3) is 3.58. The van der Waals surface area contributed by atoms with Crippen LogP contribution in [0, 0.1) is 0 Å². The number of rotatable bonds is 5. The van der Waals surface area contributed by atoms with E-state index in [1.165, 1.54) is 0 Å². The summed E-state index contributed by atoms with van der Waals surface area (Å²) in [6.45, 7) is 3.18. The largest absolute Gasteiger partial charge is 0.344 e. The molecule has 0 radical (unpaired) electrons. The molecule has 3 rings (SSSR count). The minimum absolute atomic E-state index is 0.00537. The van der Waals surface area contributed by atoms with Gasteiger partial charge in [0, 0.05) is 20.1 Å². The van der Waals surface area contributed by atoms with Crippen molar-refractivity contribution in [2.45, 2.75) is 32.4 Å². The van der Waals surface area contributed by atoms with Crippen molar-refractivity contribution in [1.29, 1.82) is 0 Å². The van der Waals surface area contributed by atoms with Crippen molar-refractivity contribution < 1.29 is 9.59 Å². The molecule has 0 spiro atoms. The minimum atomic E-state index is -0.547. The van der Waals surface area contributed by atoms with Crippen LogP contribution in [0.4, 0.5) is 0 Å². The molecule has 0 fully saturated rings. The fourth-order valence-corrected chi connectivity index (χ4v) is 3.42. The van der Waals surface area contributed by atoms with Gasteiger partial charge in [-0.25, -0.2) is 0 Å². The summed E-state index contributed by atoms with van der Waals surface area (Å²) in [4.78, 5) is 29.4. The molecule has 0 aromatic heterocycles. The van der Waals surface area contributed by atoms with E-state index in [2.05, 4.69) is 0 Å². The minimum Gasteiger partial charge on any atom is -0.344 e. The maximum Gasteiger partial charge on any atom is 0.249 e. The third-order valence-corrected chi connectivity index (χ3v) is 4.69. The molecule has 130 valence electrons. The molecule has 2 amide bonds. The first-order valence-corrected chi connectivity index (χ1v) is 8.78. The highest BCUT2D eigenvalue weighted by Gasteiger charge is 2.38. The van der Waals surface area contributed by atoms with Crippen LogP contribution < -0.4 is 0 Å². The lowest BCUT2D eigenvalue weighted by Gasteiger charge is -2.38. The van der Waals surface area contributed by atoms with Gasteiger partial charge < -0.3 is 9.80 Å². The molecule has 2 aromatic carbocycles. The predicted molar refractivity (Wildman–Crippen MR) is 97.8 cm³/mol. The second-order valence-corrected chi connectivity index (χ2v) is 6.55. The van der Waals surface area contributed by atoms with E-state index < -0.39 is 6.04 Å². The van der Waals surface area contributed by atoms with Gasteiger partial charge in [-0.15, -0.1) is 0 Å². The monoisotopic (exact) mass is 336 g/mol. The normalized spacial score (nSPS) is 16.5. The van der Waals surface area contributed by atoms with Gasteiger partial charge in [0.25, 0.3) is 0 Å². The Hall–Kier alpha value is -2.62. The van der Waals surface area contributed by atoms with E-state index in [4.69, 9.17) is 0 Å². The lowest BCUT2D eigenvalue weighted by Crippen LogP contribution is -2.47. The topological polar surface area (TPSA) is 40.6 Å². The van der Waals surface area contributed by atoms with Gasteiger partial charge in [0.05, 0.1) is 6.42 Å². The Kier molecular flexibility index (Phi) is 5.17. The SMILES string of the molecule is CCCN(C)C(=O)C1c2ccccc2CC(=O)N1Cc1ccccc1. The number of fused-ring (bicyclic) bond motifs is 1. The van der Waals surface area contributed by atoms with Crippen molar-refractivity contribution in [3.05, 3.63) is 71.3 Å². The van der Waals surface area contributed by atoms with Gasteiger partial charge >= 0.3 is 0 Å². The van der Waals surface area contributed by atoms with E-state index in [0.717, 1.165) is 23.1 Å². The highest BCUT2D eigenvalue weighted by atomic mass is 16.2. The van der Waals surface area contributed by atoms with Gasteiger partial charge in [-0.2, -0.15) is 0 Å². The number of nitrogens with zero attached hydrogens (tertiary/aromatic N) is 2. The Labute approximate surface area is 149 Å². The second-order valence-electron chi connectivity index (χ2n) is 6.55. The van der Waals surface area contributed by atoms with Crippen LogP contribution in [0.1, 0.15) is 36.1 Å². The van der Waals surface area contributed by atoms with E-state index in [1.807, 2.05) is 68.6 Å². The van der Waals surface area contributed by atoms with Crippen molar-refractivity contribution in [2.75, 3.05) is 13.6 Å². The van der Waals surface area contributed by atoms with Gasteiger partial charge in [-0.3, -0.25) is 9.59 Å². The molecule has 1 aliphatic rings. The quantitative estimate of drug-likeness (QED) is 0.841. The average molecular weight is 336 g/mol. The smallest absolute Gasteiger partial charge is 0.249 e. The van der Waals surface area contributed by atoms with Crippen LogP contribution in [0.15, 0.2) is 54.6 Å². The summed E-state index contributed by atoms with van der Waals surface area (Å²) in [6.07, 6.45) is 1.24. The average Bonchev–Trinajstić information content (AvgIpc) is 2.63. The summed E-state index contributed by atoms with van der Waals surface area (Å²) in [6, 6.07) is 17.1. The summed E-state index contributed by atoms with van der Waals surface area (Å²) >= 11 is 0. The zero-order chi connectivity index (χ0) is 17.8. The number of benzene rings is 2. The molecule has 0 saturated carbocycles. The Balaban J connectivity index is 1.99. The predicted octanol–water partition coefficient (Wildman–Crippen LogP) is 3.18. The van der Waals surface area contributed by atoms with Crippen LogP contribution in [0.25, 0.3) is 0 Å². The Morgan fingerprint density at radius 1 is 1.12 bits per heavy atom. The van der Waals surface area contributed by atoms with Crippen molar-refractivity contribution in [3.63, 3.8) is 0 Å². The lowest BCUT2D eigenvalue weighted by molar-refractivity contribution is -0.147. The zero-order valence-electron chi connectivity index (χ0n) is 14.8. The highest BCUT2D eigenvalue weighted by molar-refractivity contribution is 5.92. The molecule has 4 heteroatoms. The number of hydrogen-bond acceptors (Lipinski definition) is 2. The van der Waals surface area contributed by atoms with Crippen molar-refractivity contribution in [3.8, 4) is 0 Å². The van der Waals surface area contributed by atoms with Crippen LogP contribution in [0.3, 0.4) is 0 Å². The first kappa shape index (κ1) is 17.2. The highest BCUT2D eigenvalue weighted by Crippen LogP contribution is 2.33. The fourth-order valence-electron chi connectivity index (χ4n) is 3.42. The summed E-state index contributed by atoms with van der Waals surface area (Å²) in [5.41, 5.74) is 2.94. The maximum atomic E-state index is 13.1. The van der Waals surface area contributed by atoms with Crippen LogP contribution in [-0.2, 0) is 22.6 Å². The molecular weight excluding hydrogens is 312 g/mol. The lowest BCUT2D eigenvalue weighted by atomic mass is 9.90. The van der Waals surface area contributed by atoms with Crippen LogP contribution in [0.2, 0.25) is 0 Å². The first-order valence-electron chi connectivity index (χ1n) is 8.78. The van der Waals surface area contributed by atoms with Gasteiger partial charge in [-0.05, 0) is 23.1 Å². The second kappa shape index (κ2) is 7.51. The van der Waals surface area contributed by atoms with Gasteiger partial charge in [0.2, 0.25) is 11.8 Å². The number of amides is 2. The number of likely N-dealkylation sites (N-methyl/N-ethyl adjacent to an activating group) is 1. The van der Waals surface area contributed by atoms with Crippen LogP contribution in [0.5, 0.6) is 0 Å². The van der Waals surface area contributed by atoms with Crippen molar-refractivity contribution in [1.82, 2.24) is 9.80 Å². The van der Waals surface area contributed by atoms with Gasteiger partial charge in [-0.1, -0.05) is 61.5 Å². The Bertz CT molecular complexity index is 758. The van der Waals surface area contributed by atoms with E-state index in [1.54, 1.807) is 9.80 Å². The first-order chi connectivity index (χ1) is 12.1. The van der Waals surface area contributed by atoms with E-state index in [0.29, 0.717) is 19.5 Å². The Morgan fingerprint density at radius 2 is 1.80 bits per heavy atom. The number of carbonyl (C=O) groups is 2. The van der Waals surface area contributed by atoms with Crippen LogP contribution in [-0.4, -0.2) is 35.2 Å². The van der Waals surface area contributed by atoms with Crippen molar-refractivity contribution in [2.24, 2.45) is 0 Å². The molecule has 2 aromatic rings. The number of hydrogen-bond donors (Lipinski definition) is 0. The molecule has 0 saturated heterocycles. The molecule has 4 nitrogen and oxygen atoms in total. The third-order valence-electron chi connectivity index (χ3n) is 4.69. The molecule has 1 aliphatic heterocycles. The molecule has 25 heavy (non-hydrogen) atoms. The molecule has 0 aliphatic carbocycles. The summed E-state index contributed by atoms with van der Waals surface area (Å²) in [5, 5.41) is 0. The number of carbonyl (C=O) groups excluding carboxylic acids is 2. The van der Waals surface area contributed by atoms with Crippen molar-refractivity contribution >= 4 is 11.8 Å². The standard InChI is InChI=1S/C21H24N2O2/c1-3-13-22(2)21(25)20-18-12-8-7-11-17(18)14-19(24)23(20)15-16-9-5-4-6-10-16/h4-12,20H,3,13-15H2,1-2H3. The maximum absolute atomic E-state index is 13.1. The van der Waals surface area contributed by atoms with Gasteiger partial charge in [0.15, 0.2) is 0 Å². The summed E-state index contributed by atoms with van der Waals surface area (Å²) < 4.78 is 0. The fraction of sp³-hybridized carbons (Fsp3) is 0.333. The van der Waals surface area contributed by atoms with Gasteiger partial charge in [0.1, 0.15) is 6.04 Å². The zero-order valence-corrected chi connectivity index (χ0v) is 14.8. The molecule has 1 unspecified atom stereocenters.